The normalized spacial score (nSPS) is 19.0. The van der Waals surface area contributed by atoms with Gasteiger partial charge in [0.25, 0.3) is 0 Å². The molecule has 1 atom stereocenters. The Kier molecular flexibility index (Phi) is 5.93. The van der Waals surface area contributed by atoms with Crippen LogP contribution in [-0.2, 0) is 0 Å². The van der Waals surface area contributed by atoms with Gasteiger partial charge in [0.05, 0.1) is 10.0 Å². The van der Waals surface area contributed by atoms with E-state index in [2.05, 4.69) is 4.90 Å². The van der Waals surface area contributed by atoms with Gasteiger partial charge in [-0.2, -0.15) is 0 Å². The van der Waals surface area contributed by atoms with E-state index in [4.69, 9.17) is 33.7 Å². The molecule has 4 nitrogen and oxygen atoms in total. The summed E-state index contributed by atoms with van der Waals surface area (Å²) < 4.78 is 5.52. The van der Waals surface area contributed by atoms with Crippen molar-refractivity contribution >= 4 is 23.2 Å². The molecule has 1 aliphatic heterocycles. The number of benzene rings is 1. The van der Waals surface area contributed by atoms with E-state index in [9.17, 15) is 5.11 Å². The summed E-state index contributed by atoms with van der Waals surface area (Å²) in [5.41, 5.74) is 5.85. The summed E-state index contributed by atoms with van der Waals surface area (Å²) in [4.78, 5) is 2.21. The molecule has 1 fully saturated rings. The molecule has 0 saturated carbocycles. The van der Waals surface area contributed by atoms with Gasteiger partial charge in [-0.05, 0) is 38.1 Å². The lowest BCUT2D eigenvalue weighted by atomic mass is 10.1. The fraction of sp³-hybridized carbons (Fsp3) is 0.571. The summed E-state index contributed by atoms with van der Waals surface area (Å²) in [5, 5.41) is 10.9. The maximum atomic E-state index is 10.00. The molecule has 2 rings (SSSR count). The highest BCUT2D eigenvalue weighted by Crippen LogP contribution is 2.26. The minimum Gasteiger partial charge on any atom is -0.491 e. The standard InChI is InChI=1S/C14H20Cl2N2O2/c15-13-2-1-12(7-14(13)16)20-9-11(19)8-18-5-3-10(17)4-6-18/h1-2,7,10-11,19H,3-6,8-9,17H2. The zero-order valence-corrected chi connectivity index (χ0v) is 12.8. The molecule has 0 amide bonds. The highest BCUT2D eigenvalue weighted by Gasteiger charge is 2.18. The van der Waals surface area contributed by atoms with Gasteiger partial charge in [-0.3, -0.25) is 0 Å². The van der Waals surface area contributed by atoms with Crippen molar-refractivity contribution in [1.29, 1.82) is 0 Å². The predicted molar refractivity (Wildman–Crippen MR) is 81.6 cm³/mol. The molecule has 1 aliphatic rings. The van der Waals surface area contributed by atoms with Gasteiger partial charge in [-0.25, -0.2) is 0 Å². The second kappa shape index (κ2) is 7.48. The Morgan fingerprint density at radius 1 is 1.30 bits per heavy atom. The smallest absolute Gasteiger partial charge is 0.121 e. The Hall–Kier alpha value is -0.520. The van der Waals surface area contributed by atoms with Crippen LogP contribution in [0.1, 0.15) is 12.8 Å². The number of piperidine rings is 1. The second-order valence-corrected chi connectivity index (χ2v) is 5.99. The number of likely N-dealkylation sites (tertiary alicyclic amines) is 1. The molecule has 1 heterocycles. The van der Waals surface area contributed by atoms with E-state index >= 15 is 0 Å². The minimum absolute atomic E-state index is 0.237. The van der Waals surface area contributed by atoms with Gasteiger partial charge < -0.3 is 20.5 Å². The van der Waals surface area contributed by atoms with Gasteiger partial charge in [0, 0.05) is 18.7 Å². The quantitative estimate of drug-likeness (QED) is 0.873. The summed E-state index contributed by atoms with van der Waals surface area (Å²) in [6.45, 7) is 2.71. The van der Waals surface area contributed by atoms with Crippen molar-refractivity contribution in [2.45, 2.75) is 25.0 Å². The third kappa shape index (κ3) is 4.79. The molecule has 3 N–H and O–H groups in total. The topological polar surface area (TPSA) is 58.7 Å². The van der Waals surface area contributed by atoms with Crippen molar-refractivity contribution in [1.82, 2.24) is 4.90 Å². The van der Waals surface area contributed by atoms with Crippen LogP contribution in [0.25, 0.3) is 0 Å². The Morgan fingerprint density at radius 2 is 2.00 bits per heavy atom. The van der Waals surface area contributed by atoms with Crippen LogP contribution in [0.15, 0.2) is 18.2 Å². The van der Waals surface area contributed by atoms with Crippen LogP contribution in [-0.4, -0.2) is 48.4 Å². The second-order valence-electron chi connectivity index (χ2n) is 5.18. The van der Waals surface area contributed by atoms with Gasteiger partial charge in [0.15, 0.2) is 0 Å². The van der Waals surface area contributed by atoms with Crippen LogP contribution in [0.2, 0.25) is 10.0 Å². The molecular formula is C14H20Cl2N2O2. The number of nitrogens with two attached hydrogens (primary N) is 1. The van der Waals surface area contributed by atoms with Crippen LogP contribution >= 0.6 is 23.2 Å². The first-order valence-electron chi connectivity index (χ1n) is 6.78. The molecule has 0 aromatic heterocycles. The van der Waals surface area contributed by atoms with Crippen LogP contribution < -0.4 is 10.5 Å². The minimum atomic E-state index is -0.529. The summed E-state index contributed by atoms with van der Waals surface area (Å²) in [5.74, 6) is 0.610. The first-order chi connectivity index (χ1) is 9.54. The van der Waals surface area contributed by atoms with E-state index in [1.807, 2.05) is 0 Å². The van der Waals surface area contributed by atoms with Crippen molar-refractivity contribution in [3.8, 4) is 5.75 Å². The summed E-state index contributed by atoms with van der Waals surface area (Å²) in [7, 11) is 0. The third-order valence-electron chi connectivity index (χ3n) is 3.43. The molecule has 1 saturated heterocycles. The Labute approximate surface area is 129 Å². The Balaban J connectivity index is 1.74. The van der Waals surface area contributed by atoms with Crippen LogP contribution in [0, 0.1) is 0 Å². The highest BCUT2D eigenvalue weighted by molar-refractivity contribution is 6.42. The average molecular weight is 319 g/mol. The number of aliphatic hydroxyl groups excluding tert-OH is 1. The molecule has 1 aromatic rings. The molecule has 6 heteroatoms. The van der Waals surface area contributed by atoms with Crippen molar-refractivity contribution in [3.05, 3.63) is 28.2 Å². The maximum absolute atomic E-state index is 10.00. The number of rotatable bonds is 5. The van der Waals surface area contributed by atoms with Gasteiger partial charge in [-0.1, -0.05) is 23.2 Å². The molecule has 0 spiro atoms. The van der Waals surface area contributed by atoms with Gasteiger partial charge >= 0.3 is 0 Å². The first kappa shape index (κ1) is 15.9. The highest BCUT2D eigenvalue weighted by atomic mass is 35.5. The summed E-state index contributed by atoms with van der Waals surface area (Å²) >= 11 is 11.7. The lowest BCUT2D eigenvalue weighted by Gasteiger charge is -2.31. The van der Waals surface area contributed by atoms with Gasteiger partial charge in [0.1, 0.15) is 18.5 Å². The van der Waals surface area contributed by atoms with E-state index in [1.165, 1.54) is 0 Å². The van der Waals surface area contributed by atoms with Crippen molar-refractivity contribution in [2.24, 2.45) is 5.73 Å². The number of halogens is 2. The monoisotopic (exact) mass is 318 g/mol. The zero-order valence-electron chi connectivity index (χ0n) is 11.3. The third-order valence-corrected chi connectivity index (χ3v) is 4.17. The zero-order chi connectivity index (χ0) is 14.5. The summed E-state index contributed by atoms with van der Waals surface area (Å²) in [6, 6.07) is 5.37. The molecular weight excluding hydrogens is 299 g/mol. The molecule has 0 aliphatic carbocycles. The Morgan fingerprint density at radius 3 is 2.65 bits per heavy atom. The Bertz CT molecular complexity index is 437. The molecule has 1 aromatic carbocycles. The molecule has 0 bridgehead atoms. The van der Waals surface area contributed by atoms with Crippen LogP contribution in [0.4, 0.5) is 0 Å². The number of aliphatic hydroxyl groups is 1. The first-order valence-corrected chi connectivity index (χ1v) is 7.54. The SMILES string of the molecule is NC1CCN(CC(O)COc2ccc(Cl)c(Cl)c2)CC1. The van der Waals surface area contributed by atoms with E-state index in [1.54, 1.807) is 18.2 Å². The van der Waals surface area contributed by atoms with Crippen LogP contribution in [0.3, 0.4) is 0 Å². The van der Waals surface area contributed by atoms with E-state index in [0.717, 1.165) is 25.9 Å². The number of hydrogen-bond donors (Lipinski definition) is 2. The van der Waals surface area contributed by atoms with Crippen molar-refractivity contribution in [2.75, 3.05) is 26.2 Å². The molecule has 20 heavy (non-hydrogen) atoms. The van der Waals surface area contributed by atoms with Crippen molar-refractivity contribution in [3.63, 3.8) is 0 Å². The fourth-order valence-corrected chi connectivity index (χ4v) is 2.53. The summed E-state index contributed by atoms with van der Waals surface area (Å²) in [6.07, 6.45) is 1.44. The van der Waals surface area contributed by atoms with E-state index in [-0.39, 0.29) is 6.61 Å². The largest absolute Gasteiger partial charge is 0.491 e. The fourth-order valence-electron chi connectivity index (χ4n) is 2.25. The molecule has 0 radical (unpaired) electrons. The average Bonchev–Trinajstić information content (AvgIpc) is 2.43. The predicted octanol–water partition coefficient (Wildman–Crippen LogP) is 2.16. The van der Waals surface area contributed by atoms with Crippen LogP contribution in [0.5, 0.6) is 5.75 Å². The van der Waals surface area contributed by atoms with Gasteiger partial charge in [0.2, 0.25) is 0 Å². The maximum Gasteiger partial charge on any atom is 0.121 e. The van der Waals surface area contributed by atoms with E-state index < -0.39 is 6.10 Å². The number of β-amino-alcohol motifs (C(OH)–C–C–N with tert-alkyl or cyclic N) is 1. The van der Waals surface area contributed by atoms with Gasteiger partial charge in [-0.15, -0.1) is 0 Å². The number of ether oxygens (including phenoxy) is 1. The number of nitrogens with zero attached hydrogens (tertiary/aromatic N) is 1. The molecule has 1 unspecified atom stereocenters. The lowest BCUT2D eigenvalue weighted by Crippen LogP contribution is -2.44. The number of hydrogen-bond acceptors (Lipinski definition) is 4. The van der Waals surface area contributed by atoms with E-state index in [0.29, 0.717) is 28.4 Å². The van der Waals surface area contributed by atoms with Crippen molar-refractivity contribution < 1.29 is 9.84 Å². The molecule has 112 valence electrons. The lowest BCUT2D eigenvalue weighted by molar-refractivity contribution is 0.0597.